The van der Waals surface area contributed by atoms with Crippen LogP contribution in [-0.2, 0) is 21.4 Å². The topological polar surface area (TPSA) is 38.8 Å². The van der Waals surface area contributed by atoms with Crippen LogP contribution in [0.2, 0.25) is 0 Å². The predicted octanol–water partition coefficient (Wildman–Crippen LogP) is 3.75. The van der Waals surface area contributed by atoms with E-state index in [1.54, 1.807) is 7.11 Å². The highest BCUT2D eigenvalue weighted by atomic mass is 16.5. The van der Waals surface area contributed by atoms with Crippen LogP contribution >= 0.6 is 0 Å². The van der Waals surface area contributed by atoms with Crippen molar-refractivity contribution >= 4 is 5.78 Å². The zero-order chi connectivity index (χ0) is 19.5. The highest BCUT2D eigenvalue weighted by Gasteiger charge is 2.68. The number of ketones is 1. The molecule has 28 heavy (non-hydrogen) atoms. The van der Waals surface area contributed by atoms with Gasteiger partial charge < -0.3 is 9.47 Å². The van der Waals surface area contributed by atoms with Crippen molar-refractivity contribution in [3.05, 3.63) is 29.3 Å². The molecule has 3 aliphatic carbocycles. The first-order valence-corrected chi connectivity index (χ1v) is 11.0. The van der Waals surface area contributed by atoms with E-state index in [0.29, 0.717) is 24.7 Å². The summed E-state index contributed by atoms with van der Waals surface area (Å²) in [5, 5.41) is 0. The molecule has 1 unspecified atom stereocenters. The maximum atomic E-state index is 12.9. The third-order valence-corrected chi connectivity index (χ3v) is 8.58. The Bertz CT molecular complexity index is 788. The predicted molar refractivity (Wildman–Crippen MR) is 109 cm³/mol. The lowest BCUT2D eigenvalue weighted by molar-refractivity contribution is -0.211. The normalized spacial score (nSPS) is 37.8. The van der Waals surface area contributed by atoms with Crippen LogP contribution in [0.4, 0.5) is 0 Å². The molecule has 4 aliphatic rings. The standard InChI is InChI=1S/C24H33NO3/c1-16-11-19(26)14-23-9-10-25(15-17-5-4-6-17)22(24(16,23)28-3)12-18-7-8-20(27-2)13-21(18)23/h7-8,13,16-17,22H,4-6,9-12,14-15H2,1-3H3/t16-,22+,23+,24?/m0/s1. The first-order chi connectivity index (χ1) is 13.5. The number of hydrogen-bond acceptors (Lipinski definition) is 4. The molecule has 152 valence electrons. The first kappa shape index (κ1) is 18.6. The molecule has 4 atom stereocenters. The fraction of sp³-hybridized carbons (Fsp3) is 0.708. The molecule has 2 bridgehead atoms. The Balaban J connectivity index is 1.67. The number of Topliss-reactive ketones (excluding diaryl/α,β-unsaturated/α-hetero) is 1. The van der Waals surface area contributed by atoms with Crippen LogP contribution in [0.1, 0.15) is 56.6 Å². The van der Waals surface area contributed by atoms with Crippen LogP contribution in [0.5, 0.6) is 5.75 Å². The fourth-order valence-electron chi connectivity index (χ4n) is 7.20. The molecule has 0 spiro atoms. The number of rotatable bonds is 4. The molecule has 1 saturated heterocycles. The third-order valence-electron chi connectivity index (χ3n) is 8.58. The average Bonchev–Trinajstić information content (AvgIpc) is 2.65. The van der Waals surface area contributed by atoms with Crippen LogP contribution in [-0.4, -0.2) is 49.6 Å². The van der Waals surface area contributed by atoms with Crippen LogP contribution in [0.15, 0.2) is 18.2 Å². The molecule has 3 fully saturated rings. The van der Waals surface area contributed by atoms with Gasteiger partial charge in [0.1, 0.15) is 11.5 Å². The van der Waals surface area contributed by atoms with Gasteiger partial charge >= 0.3 is 0 Å². The van der Waals surface area contributed by atoms with E-state index in [2.05, 4.69) is 30.0 Å². The lowest BCUT2D eigenvalue weighted by Crippen LogP contribution is -2.76. The number of hydrogen-bond donors (Lipinski definition) is 0. The van der Waals surface area contributed by atoms with E-state index >= 15 is 0 Å². The SMILES string of the molecule is COc1ccc2c(c1)[C@]13CCN(CC4CCC4)[C@H](C2)C1(OC)[C@@H](C)CC(=O)C3. The number of nitrogens with zero attached hydrogens (tertiary/aromatic N) is 1. The van der Waals surface area contributed by atoms with Gasteiger partial charge in [0.2, 0.25) is 0 Å². The van der Waals surface area contributed by atoms with Gasteiger partial charge in [-0.3, -0.25) is 9.69 Å². The summed E-state index contributed by atoms with van der Waals surface area (Å²) < 4.78 is 12.1. The van der Waals surface area contributed by atoms with Crippen LogP contribution in [0.25, 0.3) is 0 Å². The summed E-state index contributed by atoms with van der Waals surface area (Å²) in [6, 6.07) is 6.87. The number of fused-ring (bicyclic) bond motifs is 1. The Hall–Kier alpha value is -1.39. The van der Waals surface area contributed by atoms with E-state index in [0.717, 1.165) is 31.1 Å². The average molecular weight is 384 g/mol. The van der Waals surface area contributed by atoms with Gasteiger partial charge in [-0.1, -0.05) is 19.4 Å². The zero-order valence-electron chi connectivity index (χ0n) is 17.5. The first-order valence-electron chi connectivity index (χ1n) is 11.0. The Morgan fingerprint density at radius 1 is 1.21 bits per heavy atom. The summed E-state index contributed by atoms with van der Waals surface area (Å²) in [4.78, 5) is 15.6. The largest absolute Gasteiger partial charge is 0.497 e. The van der Waals surface area contributed by atoms with Crippen molar-refractivity contribution < 1.29 is 14.3 Å². The van der Waals surface area contributed by atoms with Gasteiger partial charge in [0.05, 0.1) is 12.7 Å². The van der Waals surface area contributed by atoms with E-state index in [4.69, 9.17) is 9.47 Å². The van der Waals surface area contributed by atoms with Crippen molar-refractivity contribution in [2.75, 3.05) is 27.3 Å². The summed E-state index contributed by atoms with van der Waals surface area (Å²) in [5.74, 6) is 2.35. The maximum Gasteiger partial charge on any atom is 0.134 e. The lowest BCUT2D eigenvalue weighted by Gasteiger charge is -2.67. The van der Waals surface area contributed by atoms with Crippen LogP contribution in [0.3, 0.4) is 0 Å². The molecular weight excluding hydrogens is 350 g/mol. The number of methoxy groups -OCH3 is 2. The van der Waals surface area contributed by atoms with E-state index in [-0.39, 0.29) is 16.9 Å². The molecule has 2 saturated carbocycles. The summed E-state index contributed by atoms with van der Waals surface area (Å²) in [5.41, 5.74) is 2.19. The minimum Gasteiger partial charge on any atom is -0.497 e. The van der Waals surface area contributed by atoms with Crippen molar-refractivity contribution in [1.82, 2.24) is 4.90 Å². The molecule has 1 aliphatic heterocycles. The van der Waals surface area contributed by atoms with Crippen LogP contribution in [0, 0.1) is 11.8 Å². The number of ether oxygens (including phenoxy) is 2. The second-order valence-corrected chi connectivity index (χ2v) is 9.68. The quantitative estimate of drug-likeness (QED) is 0.794. The van der Waals surface area contributed by atoms with Crippen molar-refractivity contribution in [2.24, 2.45) is 11.8 Å². The number of likely N-dealkylation sites (tertiary alicyclic amines) is 1. The minimum atomic E-state index is -0.289. The minimum absolute atomic E-state index is 0.223. The number of piperidine rings is 1. The maximum absolute atomic E-state index is 12.9. The van der Waals surface area contributed by atoms with Crippen molar-refractivity contribution in [3.63, 3.8) is 0 Å². The second-order valence-electron chi connectivity index (χ2n) is 9.68. The molecule has 4 heteroatoms. The van der Waals surface area contributed by atoms with Gasteiger partial charge in [0.25, 0.3) is 0 Å². The molecule has 4 nitrogen and oxygen atoms in total. The summed E-state index contributed by atoms with van der Waals surface area (Å²) >= 11 is 0. The third kappa shape index (κ3) is 2.34. The number of carbonyl (C=O) groups excluding carboxylic acids is 1. The van der Waals surface area contributed by atoms with Gasteiger partial charge in [0, 0.05) is 38.0 Å². The number of benzene rings is 1. The van der Waals surface area contributed by atoms with E-state index in [1.165, 1.54) is 36.9 Å². The van der Waals surface area contributed by atoms with Gasteiger partial charge in [-0.05, 0) is 67.3 Å². The molecule has 0 N–H and O–H groups in total. The van der Waals surface area contributed by atoms with E-state index in [9.17, 15) is 4.79 Å². The highest BCUT2D eigenvalue weighted by Crippen LogP contribution is 2.61. The Morgan fingerprint density at radius 2 is 2.04 bits per heavy atom. The molecule has 0 aromatic heterocycles. The summed E-state index contributed by atoms with van der Waals surface area (Å²) in [6.45, 7) is 4.52. The smallest absolute Gasteiger partial charge is 0.134 e. The molecular formula is C24H33NO3. The summed E-state index contributed by atoms with van der Waals surface area (Å²) in [7, 11) is 3.62. The molecule has 0 radical (unpaired) electrons. The Kier molecular flexibility index (Phi) is 4.37. The molecule has 1 aromatic carbocycles. The van der Waals surface area contributed by atoms with Crippen molar-refractivity contribution in [3.8, 4) is 5.75 Å². The molecule has 1 aromatic rings. The lowest BCUT2D eigenvalue weighted by atomic mass is 9.46. The monoisotopic (exact) mass is 383 g/mol. The van der Waals surface area contributed by atoms with E-state index < -0.39 is 0 Å². The summed E-state index contributed by atoms with van der Waals surface area (Å²) in [6.07, 6.45) is 7.39. The molecule has 5 rings (SSSR count). The highest BCUT2D eigenvalue weighted by molar-refractivity contribution is 5.83. The van der Waals surface area contributed by atoms with Gasteiger partial charge in [-0.25, -0.2) is 0 Å². The van der Waals surface area contributed by atoms with Crippen LogP contribution < -0.4 is 4.74 Å². The fourth-order valence-corrected chi connectivity index (χ4v) is 7.20. The van der Waals surface area contributed by atoms with Gasteiger partial charge in [-0.2, -0.15) is 0 Å². The number of carbonyl (C=O) groups is 1. The Labute approximate surface area is 168 Å². The zero-order valence-corrected chi connectivity index (χ0v) is 17.5. The van der Waals surface area contributed by atoms with Crippen molar-refractivity contribution in [1.29, 1.82) is 0 Å². The van der Waals surface area contributed by atoms with E-state index in [1.807, 2.05) is 7.11 Å². The Morgan fingerprint density at radius 3 is 2.71 bits per heavy atom. The van der Waals surface area contributed by atoms with Gasteiger partial charge in [-0.15, -0.1) is 0 Å². The second kappa shape index (κ2) is 6.56. The van der Waals surface area contributed by atoms with Gasteiger partial charge in [0.15, 0.2) is 0 Å². The van der Waals surface area contributed by atoms with Crippen molar-refractivity contribution in [2.45, 2.75) is 68.9 Å². The molecule has 0 amide bonds. The molecule has 1 heterocycles.